The highest BCUT2D eigenvalue weighted by molar-refractivity contribution is 7.80. The number of ether oxygens (including phenoxy) is 1. The Kier molecular flexibility index (Phi) is 4.63. The second-order valence-electron chi connectivity index (χ2n) is 5.90. The van der Waals surface area contributed by atoms with E-state index in [4.69, 9.17) is 17.0 Å². The highest BCUT2D eigenvalue weighted by Crippen LogP contribution is 2.26. The second-order valence-corrected chi connectivity index (χ2v) is 6.31. The molecular weight excluding hydrogens is 338 g/mol. The smallest absolute Gasteiger partial charge is 0.192 e. The molecule has 0 radical (unpaired) electrons. The maximum Gasteiger partial charge on any atom is 0.192 e. The standard InChI is InChI=1S/C23H17NOS/c26-23(25-22-14-6-10-18-8-2-4-12-20(18)22)15-16-24-21-13-5-9-17-7-1-3-11-19(17)21/h1-16,24H. The average molecular weight is 355 g/mol. The molecule has 4 aromatic rings. The van der Waals surface area contributed by atoms with Crippen molar-refractivity contribution in [1.29, 1.82) is 0 Å². The fourth-order valence-corrected chi connectivity index (χ4v) is 3.14. The molecule has 0 aliphatic carbocycles. The topological polar surface area (TPSA) is 21.3 Å². The maximum atomic E-state index is 5.86. The van der Waals surface area contributed by atoms with Gasteiger partial charge in [-0.25, -0.2) is 0 Å². The summed E-state index contributed by atoms with van der Waals surface area (Å²) in [6.07, 6.45) is 3.58. The van der Waals surface area contributed by atoms with Gasteiger partial charge >= 0.3 is 0 Å². The van der Waals surface area contributed by atoms with E-state index in [-0.39, 0.29) is 0 Å². The number of nitrogens with one attached hydrogen (secondary N) is 1. The zero-order chi connectivity index (χ0) is 17.8. The van der Waals surface area contributed by atoms with Gasteiger partial charge in [0.15, 0.2) is 5.05 Å². The molecule has 0 fully saturated rings. The first kappa shape index (κ1) is 16.3. The third-order valence-corrected chi connectivity index (χ3v) is 4.43. The molecule has 0 aliphatic heterocycles. The summed E-state index contributed by atoms with van der Waals surface area (Å²) in [4.78, 5) is 0. The Balaban J connectivity index is 1.49. The van der Waals surface area contributed by atoms with Crippen molar-refractivity contribution >= 4 is 44.5 Å². The quantitative estimate of drug-likeness (QED) is 0.342. The Morgan fingerprint density at radius 3 is 2.15 bits per heavy atom. The zero-order valence-electron chi connectivity index (χ0n) is 14.1. The fourth-order valence-electron chi connectivity index (χ4n) is 2.98. The second kappa shape index (κ2) is 7.38. The summed E-state index contributed by atoms with van der Waals surface area (Å²) in [5, 5.41) is 8.25. The lowest BCUT2D eigenvalue weighted by Gasteiger charge is -2.08. The average Bonchev–Trinajstić information content (AvgIpc) is 2.68. The third kappa shape index (κ3) is 3.44. The Labute approximate surface area is 157 Å². The molecule has 4 rings (SSSR count). The van der Waals surface area contributed by atoms with E-state index in [0.717, 1.165) is 22.2 Å². The van der Waals surface area contributed by atoms with E-state index in [1.807, 2.05) is 60.8 Å². The lowest BCUT2D eigenvalue weighted by atomic mass is 10.1. The minimum Gasteiger partial charge on any atom is -0.445 e. The van der Waals surface area contributed by atoms with Crippen LogP contribution in [0.4, 0.5) is 5.69 Å². The molecule has 0 aliphatic rings. The summed E-state index contributed by atoms with van der Waals surface area (Å²) in [6, 6.07) is 28.5. The summed E-state index contributed by atoms with van der Waals surface area (Å²) >= 11 is 5.36. The van der Waals surface area contributed by atoms with Crippen LogP contribution in [0, 0.1) is 0 Å². The molecule has 0 saturated heterocycles. The lowest BCUT2D eigenvalue weighted by molar-refractivity contribution is 0.576. The van der Waals surface area contributed by atoms with Crippen LogP contribution in [0.3, 0.4) is 0 Å². The van der Waals surface area contributed by atoms with Crippen LogP contribution in [-0.4, -0.2) is 5.05 Å². The molecule has 0 saturated carbocycles. The van der Waals surface area contributed by atoms with Crippen molar-refractivity contribution in [2.75, 3.05) is 5.32 Å². The zero-order valence-corrected chi connectivity index (χ0v) is 14.9. The van der Waals surface area contributed by atoms with E-state index in [0.29, 0.717) is 5.05 Å². The van der Waals surface area contributed by atoms with Gasteiger partial charge in [0.25, 0.3) is 0 Å². The van der Waals surface area contributed by atoms with E-state index in [1.165, 1.54) is 10.8 Å². The highest BCUT2D eigenvalue weighted by Gasteiger charge is 2.03. The van der Waals surface area contributed by atoms with Gasteiger partial charge in [0.05, 0.1) is 0 Å². The molecule has 0 bridgehead atoms. The number of hydrogen-bond donors (Lipinski definition) is 1. The number of rotatable bonds is 4. The molecule has 3 heteroatoms. The van der Waals surface area contributed by atoms with Gasteiger partial charge in [-0.1, -0.05) is 72.8 Å². The molecule has 26 heavy (non-hydrogen) atoms. The molecule has 0 aromatic heterocycles. The van der Waals surface area contributed by atoms with Crippen LogP contribution in [0.15, 0.2) is 97.2 Å². The molecule has 4 aromatic carbocycles. The van der Waals surface area contributed by atoms with Crippen LogP contribution >= 0.6 is 12.2 Å². The summed E-state index contributed by atoms with van der Waals surface area (Å²) in [6.45, 7) is 0. The number of thiocarbonyl (C=S) groups is 1. The maximum absolute atomic E-state index is 5.86. The van der Waals surface area contributed by atoms with Crippen molar-refractivity contribution in [1.82, 2.24) is 0 Å². The Hall–Kier alpha value is -3.17. The number of hydrogen-bond acceptors (Lipinski definition) is 3. The van der Waals surface area contributed by atoms with Crippen molar-refractivity contribution < 1.29 is 4.74 Å². The Bertz CT molecular complexity index is 1110. The predicted octanol–water partition coefficient (Wildman–Crippen LogP) is 6.33. The van der Waals surface area contributed by atoms with Crippen molar-refractivity contribution in [2.24, 2.45) is 0 Å². The van der Waals surface area contributed by atoms with Crippen LogP contribution in [-0.2, 0) is 0 Å². The monoisotopic (exact) mass is 355 g/mol. The summed E-state index contributed by atoms with van der Waals surface area (Å²) in [5.41, 5.74) is 1.03. The molecule has 2 nitrogen and oxygen atoms in total. The Morgan fingerprint density at radius 2 is 1.35 bits per heavy atom. The van der Waals surface area contributed by atoms with Crippen molar-refractivity contribution in [3.63, 3.8) is 0 Å². The van der Waals surface area contributed by atoms with Gasteiger partial charge in [-0.2, -0.15) is 0 Å². The first-order valence-electron chi connectivity index (χ1n) is 8.42. The van der Waals surface area contributed by atoms with Gasteiger partial charge < -0.3 is 10.1 Å². The van der Waals surface area contributed by atoms with Gasteiger partial charge in [-0.15, -0.1) is 0 Å². The first-order valence-corrected chi connectivity index (χ1v) is 8.82. The predicted molar refractivity (Wildman–Crippen MR) is 114 cm³/mol. The fraction of sp³-hybridized carbons (Fsp3) is 0. The molecule has 0 unspecified atom stereocenters. The van der Waals surface area contributed by atoms with Crippen LogP contribution in [0.5, 0.6) is 5.75 Å². The molecule has 0 heterocycles. The van der Waals surface area contributed by atoms with Crippen molar-refractivity contribution in [3.05, 3.63) is 97.2 Å². The van der Waals surface area contributed by atoms with E-state index in [2.05, 4.69) is 35.6 Å². The van der Waals surface area contributed by atoms with Crippen LogP contribution in [0.2, 0.25) is 0 Å². The molecule has 0 atom stereocenters. The SMILES string of the molecule is S=C(C=CNc1cccc2ccccc12)Oc1cccc2ccccc12. The Morgan fingerprint density at radius 1 is 0.731 bits per heavy atom. The van der Waals surface area contributed by atoms with Crippen molar-refractivity contribution in [2.45, 2.75) is 0 Å². The molecule has 0 amide bonds. The number of benzene rings is 4. The summed E-state index contributed by atoms with van der Waals surface area (Å²) < 4.78 is 5.86. The molecule has 126 valence electrons. The number of anilines is 1. The van der Waals surface area contributed by atoms with Gasteiger partial charge in [0.2, 0.25) is 0 Å². The van der Waals surface area contributed by atoms with Crippen molar-refractivity contribution in [3.8, 4) is 5.75 Å². The number of fused-ring (bicyclic) bond motifs is 2. The van der Waals surface area contributed by atoms with Crippen LogP contribution in [0.1, 0.15) is 0 Å². The lowest BCUT2D eigenvalue weighted by Crippen LogP contribution is -2.02. The molecule has 0 spiro atoms. The molecular formula is C23H17NOS. The van der Waals surface area contributed by atoms with E-state index in [9.17, 15) is 0 Å². The highest BCUT2D eigenvalue weighted by atomic mass is 32.1. The van der Waals surface area contributed by atoms with Gasteiger partial charge in [-0.3, -0.25) is 0 Å². The van der Waals surface area contributed by atoms with Crippen LogP contribution in [0.25, 0.3) is 21.5 Å². The normalized spacial score (nSPS) is 11.1. The van der Waals surface area contributed by atoms with E-state index < -0.39 is 0 Å². The van der Waals surface area contributed by atoms with Gasteiger partial charge in [0.1, 0.15) is 5.75 Å². The summed E-state index contributed by atoms with van der Waals surface area (Å²) in [5.74, 6) is 0.767. The van der Waals surface area contributed by atoms with E-state index in [1.54, 1.807) is 6.08 Å². The minimum absolute atomic E-state index is 0.411. The van der Waals surface area contributed by atoms with E-state index >= 15 is 0 Å². The minimum atomic E-state index is 0.411. The largest absolute Gasteiger partial charge is 0.445 e. The van der Waals surface area contributed by atoms with Crippen LogP contribution < -0.4 is 10.1 Å². The van der Waals surface area contributed by atoms with Gasteiger partial charge in [0, 0.05) is 28.7 Å². The third-order valence-electron chi connectivity index (χ3n) is 4.21. The molecule has 1 N–H and O–H groups in total. The van der Waals surface area contributed by atoms with Gasteiger partial charge in [-0.05, 0) is 35.1 Å². The first-order chi connectivity index (χ1) is 12.8. The summed E-state index contributed by atoms with van der Waals surface area (Å²) in [7, 11) is 0.